The second-order valence-corrected chi connectivity index (χ2v) is 6.42. The van der Waals surface area contributed by atoms with Gasteiger partial charge in [0.05, 0.1) is 6.54 Å². The van der Waals surface area contributed by atoms with Gasteiger partial charge in [0.2, 0.25) is 5.89 Å². The van der Waals surface area contributed by atoms with E-state index >= 15 is 0 Å². The standard InChI is InChI=1S/C21H19N3O4/c1-14-4-2-3-5-18(14)27-13-20(25)22-16-8-6-15(7-9-16)21-23-17-12-24(26)11-10-19(17)28-21/h2-11,26H,12-13H2,1H3,(H,22,25). The first-order valence-electron chi connectivity index (χ1n) is 8.80. The number of oxazole rings is 1. The van der Waals surface area contributed by atoms with E-state index in [1.165, 1.54) is 6.20 Å². The van der Waals surface area contributed by atoms with E-state index in [4.69, 9.17) is 9.15 Å². The van der Waals surface area contributed by atoms with Gasteiger partial charge >= 0.3 is 0 Å². The molecule has 1 amide bonds. The number of rotatable bonds is 5. The molecule has 0 radical (unpaired) electrons. The van der Waals surface area contributed by atoms with E-state index in [-0.39, 0.29) is 19.1 Å². The normalized spacial score (nSPS) is 12.6. The van der Waals surface area contributed by atoms with Gasteiger partial charge in [0, 0.05) is 23.5 Å². The molecule has 2 heterocycles. The van der Waals surface area contributed by atoms with Crippen molar-refractivity contribution in [1.82, 2.24) is 10.0 Å². The van der Waals surface area contributed by atoms with Gasteiger partial charge in [0.1, 0.15) is 11.4 Å². The second kappa shape index (κ2) is 7.58. The Hall–Kier alpha value is -3.58. The Morgan fingerprint density at radius 2 is 2.04 bits per heavy atom. The third kappa shape index (κ3) is 3.89. The van der Waals surface area contributed by atoms with E-state index in [0.717, 1.165) is 16.2 Å². The molecule has 142 valence electrons. The molecule has 0 saturated carbocycles. The summed E-state index contributed by atoms with van der Waals surface area (Å²) in [7, 11) is 0. The topological polar surface area (TPSA) is 87.8 Å². The molecular formula is C21H19N3O4. The summed E-state index contributed by atoms with van der Waals surface area (Å²) in [5, 5.41) is 13.3. The number of hydrogen-bond donors (Lipinski definition) is 2. The SMILES string of the molecule is Cc1ccccc1OCC(=O)Nc1ccc(-c2nc3c(o2)C=CN(O)C3)cc1. The molecule has 0 unspecified atom stereocenters. The number of ether oxygens (including phenoxy) is 1. The van der Waals surface area contributed by atoms with Crippen molar-refractivity contribution in [3.05, 3.63) is 71.7 Å². The molecule has 2 aromatic carbocycles. The Labute approximate surface area is 161 Å². The molecule has 2 N–H and O–H groups in total. The predicted octanol–water partition coefficient (Wildman–Crippen LogP) is 3.84. The van der Waals surface area contributed by atoms with Crippen molar-refractivity contribution >= 4 is 17.7 Å². The van der Waals surface area contributed by atoms with Crippen LogP contribution in [0.5, 0.6) is 5.75 Å². The molecule has 0 atom stereocenters. The highest BCUT2D eigenvalue weighted by atomic mass is 16.5. The van der Waals surface area contributed by atoms with Crippen molar-refractivity contribution in [2.75, 3.05) is 11.9 Å². The minimum Gasteiger partial charge on any atom is -0.483 e. The van der Waals surface area contributed by atoms with Gasteiger partial charge in [-0.3, -0.25) is 15.1 Å². The average Bonchev–Trinajstić information content (AvgIpc) is 3.11. The van der Waals surface area contributed by atoms with Gasteiger partial charge in [-0.1, -0.05) is 18.2 Å². The van der Waals surface area contributed by atoms with Crippen molar-refractivity contribution in [3.8, 4) is 17.2 Å². The summed E-state index contributed by atoms with van der Waals surface area (Å²) in [5.41, 5.74) is 3.08. The van der Waals surface area contributed by atoms with Gasteiger partial charge in [0.25, 0.3) is 5.91 Å². The van der Waals surface area contributed by atoms with Crippen LogP contribution >= 0.6 is 0 Å². The summed E-state index contributed by atoms with van der Waals surface area (Å²) in [5.74, 6) is 1.55. The number of fused-ring (bicyclic) bond motifs is 1. The molecule has 4 rings (SSSR count). The summed E-state index contributed by atoms with van der Waals surface area (Å²) in [6.45, 7) is 2.15. The number of nitrogens with zero attached hydrogens (tertiary/aromatic N) is 2. The lowest BCUT2D eigenvalue weighted by Gasteiger charge is -2.12. The fourth-order valence-electron chi connectivity index (χ4n) is 2.85. The number of anilines is 1. The second-order valence-electron chi connectivity index (χ2n) is 6.42. The maximum Gasteiger partial charge on any atom is 0.262 e. The number of aryl methyl sites for hydroxylation is 1. The zero-order valence-electron chi connectivity index (χ0n) is 15.3. The number of hydrogen-bond acceptors (Lipinski definition) is 6. The van der Waals surface area contributed by atoms with E-state index in [1.807, 2.05) is 43.3 Å². The van der Waals surface area contributed by atoms with Gasteiger partial charge in [-0.15, -0.1) is 0 Å². The molecule has 0 aliphatic carbocycles. The number of aromatic nitrogens is 1. The van der Waals surface area contributed by atoms with E-state index in [9.17, 15) is 10.0 Å². The lowest BCUT2D eigenvalue weighted by atomic mass is 10.2. The molecular weight excluding hydrogens is 358 g/mol. The van der Waals surface area contributed by atoms with Crippen LogP contribution in [0.2, 0.25) is 0 Å². The highest BCUT2D eigenvalue weighted by Gasteiger charge is 2.17. The van der Waals surface area contributed by atoms with Crippen LogP contribution in [0.15, 0.2) is 59.1 Å². The molecule has 28 heavy (non-hydrogen) atoms. The Bertz CT molecular complexity index is 1020. The fourth-order valence-corrected chi connectivity index (χ4v) is 2.85. The summed E-state index contributed by atoms with van der Waals surface area (Å²) < 4.78 is 11.3. The van der Waals surface area contributed by atoms with Crippen LogP contribution in [0, 0.1) is 6.92 Å². The largest absolute Gasteiger partial charge is 0.483 e. The van der Waals surface area contributed by atoms with Gasteiger partial charge < -0.3 is 14.5 Å². The van der Waals surface area contributed by atoms with Crippen molar-refractivity contribution in [2.45, 2.75) is 13.5 Å². The number of nitrogens with one attached hydrogen (secondary N) is 1. The first-order chi connectivity index (χ1) is 13.6. The van der Waals surface area contributed by atoms with Crippen molar-refractivity contribution in [2.24, 2.45) is 0 Å². The minimum atomic E-state index is -0.240. The predicted molar refractivity (Wildman–Crippen MR) is 104 cm³/mol. The van der Waals surface area contributed by atoms with E-state index < -0.39 is 0 Å². The molecule has 0 saturated heterocycles. The molecule has 1 aliphatic heterocycles. The molecule has 1 aromatic heterocycles. The van der Waals surface area contributed by atoms with Crippen LogP contribution in [-0.4, -0.2) is 27.8 Å². The van der Waals surface area contributed by atoms with Crippen LogP contribution in [0.1, 0.15) is 17.0 Å². The highest BCUT2D eigenvalue weighted by Crippen LogP contribution is 2.27. The first kappa shape index (κ1) is 17.8. The van der Waals surface area contributed by atoms with Crippen LogP contribution in [0.25, 0.3) is 17.5 Å². The molecule has 1 aliphatic rings. The van der Waals surface area contributed by atoms with Crippen molar-refractivity contribution < 1.29 is 19.2 Å². The van der Waals surface area contributed by atoms with Gasteiger partial charge in [-0.05, 0) is 42.8 Å². The smallest absolute Gasteiger partial charge is 0.262 e. The van der Waals surface area contributed by atoms with Gasteiger partial charge in [0.15, 0.2) is 12.4 Å². The Kier molecular flexibility index (Phi) is 4.82. The number of amides is 1. The Balaban J connectivity index is 1.38. The number of para-hydroxylation sites is 1. The Morgan fingerprint density at radius 3 is 2.82 bits per heavy atom. The van der Waals surface area contributed by atoms with Crippen LogP contribution in [0.4, 0.5) is 5.69 Å². The maximum absolute atomic E-state index is 12.1. The quantitative estimate of drug-likeness (QED) is 0.702. The Morgan fingerprint density at radius 1 is 1.25 bits per heavy atom. The minimum absolute atomic E-state index is 0.0664. The zero-order chi connectivity index (χ0) is 19.5. The lowest BCUT2D eigenvalue weighted by molar-refractivity contribution is -0.118. The number of carbonyl (C=O) groups is 1. The lowest BCUT2D eigenvalue weighted by Crippen LogP contribution is -2.20. The van der Waals surface area contributed by atoms with Crippen molar-refractivity contribution in [3.63, 3.8) is 0 Å². The highest BCUT2D eigenvalue weighted by molar-refractivity contribution is 5.92. The molecule has 7 heteroatoms. The van der Waals surface area contributed by atoms with Crippen LogP contribution in [-0.2, 0) is 11.3 Å². The average molecular weight is 377 g/mol. The van der Waals surface area contributed by atoms with Crippen LogP contribution < -0.4 is 10.1 Å². The number of benzene rings is 2. The third-order valence-electron chi connectivity index (χ3n) is 4.31. The fraction of sp³-hybridized carbons (Fsp3) is 0.143. The molecule has 3 aromatic rings. The monoisotopic (exact) mass is 377 g/mol. The molecule has 0 bridgehead atoms. The maximum atomic E-state index is 12.1. The summed E-state index contributed by atoms with van der Waals surface area (Å²) in [6.07, 6.45) is 3.19. The van der Waals surface area contributed by atoms with E-state index in [1.54, 1.807) is 18.2 Å². The zero-order valence-corrected chi connectivity index (χ0v) is 15.3. The van der Waals surface area contributed by atoms with E-state index in [2.05, 4.69) is 10.3 Å². The summed E-state index contributed by atoms with van der Waals surface area (Å²) >= 11 is 0. The summed E-state index contributed by atoms with van der Waals surface area (Å²) in [6, 6.07) is 14.7. The molecule has 0 fully saturated rings. The van der Waals surface area contributed by atoms with Crippen molar-refractivity contribution in [1.29, 1.82) is 0 Å². The van der Waals surface area contributed by atoms with Crippen LogP contribution in [0.3, 0.4) is 0 Å². The molecule has 0 spiro atoms. The summed E-state index contributed by atoms with van der Waals surface area (Å²) in [4.78, 5) is 16.5. The number of hydroxylamine groups is 2. The molecule has 7 nitrogen and oxygen atoms in total. The first-order valence-corrected chi connectivity index (χ1v) is 8.80. The number of carbonyl (C=O) groups excluding carboxylic acids is 1. The van der Waals surface area contributed by atoms with Gasteiger partial charge in [-0.25, -0.2) is 4.98 Å². The van der Waals surface area contributed by atoms with E-state index in [0.29, 0.717) is 28.8 Å². The third-order valence-corrected chi connectivity index (χ3v) is 4.31. The van der Waals surface area contributed by atoms with Gasteiger partial charge in [-0.2, -0.15) is 0 Å².